The Morgan fingerprint density at radius 3 is 1.32 bits per heavy atom. The first-order valence-electron chi connectivity index (χ1n) is 8.85. The predicted octanol–water partition coefficient (Wildman–Crippen LogP) is 3.30. The van der Waals surface area contributed by atoms with Crippen LogP contribution < -0.4 is 14.6 Å². The first kappa shape index (κ1) is 30.4. The molecule has 0 unspecified atom stereocenters. The molecule has 0 saturated carbocycles. The van der Waals surface area contributed by atoms with Gasteiger partial charge in [-0.25, -0.2) is 22.0 Å². The topological polar surface area (TPSA) is 152 Å². The van der Waals surface area contributed by atoms with Crippen molar-refractivity contribution in [2.24, 2.45) is 5.14 Å². The molecule has 0 amide bonds. The number of anilines is 2. The minimum absolute atomic E-state index is 0.204. The van der Waals surface area contributed by atoms with Crippen LogP contribution in [0.5, 0.6) is 0 Å². The van der Waals surface area contributed by atoms with E-state index in [1.165, 1.54) is 0 Å². The summed E-state index contributed by atoms with van der Waals surface area (Å²) >= 11 is 0. The molecule has 21 heteroatoms. The summed E-state index contributed by atoms with van der Waals surface area (Å²) < 4.78 is 190. The van der Waals surface area contributed by atoms with Gasteiger partial charge in [-0.1, -0.05) is 0 Å². The van der Waals surface area contributed by atoms with Crippen molar-refractivity contribution in [3.63, 3.8) is 0 Å². The minimum atomic E-state index is -7.45. The first-order valence-corrected chi connectivity index (χ1v) is 13.4. The van der Waals surface area contributed by atoms with Crippen LogP contribution in [0, 0.1) is 0 Å². The molecule has 0 aliphatic heterocycles. The Kier molecular flexibility index (Phi) is 7.57. The van der Waals surface area contributed by atoms with Gasteiger partial charge in [0.2, 0.25) is 10.0 Å². The van der Waals surface area contributed by atoms with Gasteiger partial charge in [0.15, 0.2) is 0 Å². The Hall–Kier alpha value is -2.78. The van der Waals surface area contributed by atoms with Gasteiger partial charge in [0, 0.05) is 11.4 Å². The second kappa shape index (κ2) is 9.20. The smallest absolute Gasteiger partial charge is 0.280 e. The number of nitrogens with one attached hydrogen (secondary N) is 2. The average molecular weight is 609 g/mol. The molecule has 2 aromatic carbocycles. The molecule has 0 aliphatic rings. The zero-order valence-corrected chi connectivity index (χ0v) is 19.7. The Bertz CT molecular complexity index is 1480. The van der Waals surface area contributed by atoms with Gasteiger partial charge in [-0.3, -0.25) is 9.44 Å². The minimum Gasteiger partial charge on any atom is -0.280 e. The lowest BCUT2D eigenvalue weighted by molar-refractivity contribution is -0.382. The van der Waals surface area contributed by atoms with E-state index in [0.29, 0.717) is 29.0 Å². The summed E-state index contributed by atoms with van der Waals surface area (Å²) in [6, 6.07) is 5.68. The molecule has 0 spiro atoms. The molecule has 2 rings (SSSR count). The lowest BCUT2D eigenvalue weighted by atomic mass is 10.1. The van der Waals surface area contributed by atoms with Crippen molar-refractivity contribution in [3.05, 3.63) is 48.5 Å². The number of primary sulfonamides is 1. The van der Waals surface area contributed by atoms with E-state index in [0.717, 1.165) is 24.3 Å². The van der Waals surface area contributed by atoms with Crippen molar-refractivity contribution in [2.75, 3.05) is 9.44 Å². The fourth-order valence-electron chi connectivity index (χ4n) is 2.38. The number of alkyl halides is 9. The van der Waals surface area contributed by atoms with Crippen molar-refractivity contribution in [2.45, 2.75) is 33.1 Å². The number of sulfonamides is 3. The highest BCUT2D eigenvalue weighted by atomic mass is 32.2. The van der Waals surface area contributed by atoms with Crippen LogP contribution in [-0.4, -0.2) is 48.5 Å². The highest BCUT2D eigenvalue weighted by Gasteiger charge is 2.85. The van der Waals surface area contributed by atoms with Crippen LogP contribution in [0.4, 0.5) is 50.9 Å². The van der Waals surface area contributed by atoms with Crippen LogP contribution in [0.15, 0.2) is 58.3 Å². The van der Waals surface area contributed by atoms with Gasteiger partial charge in [-0.05, 0) is 48.5 Å². The van der Waals surface area contributed by atoms with E-state index in [4.69, 9.17) is 5.14 Å². The van der Waals surface area contributed by atoms with Gasteiger partial charge in [0.05, 0.1) is 9.79 Å². The number of rotatable bonds is 9. The molecule has 4 N–H and O–H groups in total. The molecule has 0 radical (unpaired) electrons. The Morgan fingerprint density at radius 1 is 0.568 bits per heavy atom. The van der Waals surface area contributed by atoms with E-state index in [9.17, 15) is 64.8 Å². The molecule has 37 heavy (non-hydrogen) atoms. The van der Waals surface area contributed by atoms with Gasteiger partial charge in [-0.2, -0.15) is 47.9 Å². The highest BCUT2D eigenvalue weighted by molar-refractivity contribution is 7.93. The van der Waals surface area contributed by atoms with Gasteiger partial charge < -0.3 is 0 Å². The summed E-state index contributed by atoms with van der Waals surface area (Å²) in [5, 5.41) is -2.11. The molecule has 0 saturated heterocycles. The molecule has 0 bridgehead atoms. The summed E-state index contributed by atoms with van der Waals surface area (Å²) in [7, 11) is -15.6. The second-order valence-corrected chi connectivity index (χ2v) is 11.9. The number of benzene rings is 2. The van der Waals surface area contributed by atoms with E-state index >= 15 is 0 Å². The van der Waals surface area contributed by atoms with Crippen LogP contribution in [0.25, 0.3) is 0 Å². The van der Waals surface area contributed by atoms with Crippen LogP contribution in [-0.2, 0) is 30.1 Å². The Balaban J connectivity index is 2.29. The Morgan fingerprint density at radius 2 is 0.946 bits per heavy atom. The maximum atomic E-state index is 13.8. The summed E-state index contributed by atoms with van der Waals surface area (Å²) in [5.41, 5.74) is -1.31. The fraction of sp³-hybridized carbons (Fsp3) is 0.250. The van der Waals surface area contributed by atoms with Gasteiger partial charge in [0.25, 0.3) is 10.0 Å². The van der Waals surface area contributed by atoms with E-state index in [1.54, 1.807) is 0 Å². The van der Waals surface area contributed by atoms with Crippen molar-refractivity contribution in [1.29, 1.82) is 0 Å². The largest absolute Gasteiger partial charge is 0.460 e. The first-order chi connectivity index (χ1) is 16.4. The molecular formula is C16H12F9N3O6S3. The van der Waals surface area contributed by atoms with E-state index in [-0.39, 0.29) is 10.6 Å². The maximum absolute atomic E-state index is 13.8. The lowest BCUT2D eigenvalue weighted by Crippen LogP contribution is -2.64. The van der Waals surface area contributed by atoms with Crippen molar-refractivity contribution in [3.8, 4) is 0 Å². The molecule has 0 heterocycles. The average Bonchev–Trinajstić information content (AvgIpc) is 2.72. The maximum Gasteiger partial charge on any atom is 0.460 e. The van der Waals surface area contributed by atoms with Crippen LogP contribution in [0.3, 0.4) is 0 Å². The molecule has 0 fully saturated rings. The molecule has 0 atom stereocenters. The zero-order chi connectivity index (χ0) is 28.9. The monoisotopic (exact) mass is 609 g/mol. The third-order valence-corrected chi connectivity index (χ3v) is 8.07. The molecule has 9 nitrogen and oxygen atoms in total. The molecule has 208 valence electrons. The van der Waals surface area contributed by atoms with E-state index < -0.39 is 63.9 Å². The van der Waals surface area contributed by atoms with Crippen molar-refractivity contribution >= 4 is 41.4 Å². The van der Waals surface area contributed by atoms with Gasteiger partial charge in [-0.15, -0.1) is 0 Å². The fourth-order valence-corrected chi connectivity index (χ4v) is 4.99. The summed E-state index contributed by atoms with van der Waals surface area (Å²) in [6.07, 6.45) is -7.24. The van der Waals surface area contributed by atoms with E-state index in [2.05, 4.69) is 0 Å². The lowest BCUT2D eigenvalue weighted by Gasteiger charge is -2.33. The highest BCUT2D eigenvalue weighted by Crippen LogP contribution is 2.54. The molecule has 0 aromatic heterocycles. The second-order valence-electron chi connectivity index (χ2n) is 6.97. The third kappa shape index (κ3) is 5.72. The molecule has 2 aromatic rings. The quantitative estimate of drug-likeness (QED) is 0.371. The van der Waals surface area contributed by atoms with Crippen LogP contribution >= 0.6 is 0 Å². The molecule has 0 aliphatic carbocycles. The summed E-state index contributed by atoms with van der Waals surface area (Å²) in [4.78, 5) is -1.07. The standard InChI is InChI=1S/C16H12F9N3O6S3/c17-13(18,15(21,22)23)14(19,20)16(24,25)37(33,34)28-10-3-7-12(8-4-10)36(31,32)27-9-1-5-11(6-2-9)35(26,29)30/h1-8,27-28H,(H2,26,29,30). The van der Waals surface area contributed by atoms with Crippen LogP contribution in [0.2, 0.25) is 0 Å². The number of hydrogen-bond acceptors (Lipinski definition) is 6. The van der Waals surface area contributed by atoms with E-state index in [1.807, 2.05) is 4.72 Å². The zero-order valence-electron chi connectivity index (χ0n) is 17.3. The third-order valence-electron chi connectivity index (χ3n) is 4.31. The van der Waals surface area contributed by atoms with Crippen LogP contribution in [0.1, 0.15) is 0 Å². The number of hydrogen-bond donors (Lipinski definition) is 3. The normalized spacial score (nSPS) is 14.3. The molecular weight excluding hydrogens is 597 g/mol. The SMILES string of the molecule is NS(=O)(=O)c1ccc(NS(=O)(=O)c2ccc(NS(=O)(=O)C(F)(F)C(F)(F)C(F)(F)C(F)(F)F)cc2)cc1. The summed E-state index contributed by atoms with van der Waals surface area (Å²) in [5.74, 6) is -14.9. The summed E-state index contributed by atoms with van der Waals surface area (Å²) in [6.45, 7) is 0. The van der Waals surface area contributed by atoms with Gasteiger partial charge >= 0.3 is 33.3 Å². The van der Waals surface area contributed by atoms with Crippen molar-refractivity contribution in [1.82, 2.24) is 0 Å². The predicted molar refractivity (Wildman–Crippen MR) is 109 cm³/mol. The Labute approximate surface area is 202 Å². The van der Waals surface area contributed by atoms with Crippen molar-refractivity contribution < 1.29 is 64.8 Å². The number of halogens is 9. The van der Waals surface area contributed by atoms with Gasteiger partial charge in [0.1, 0.15) is 0 Å². The number of nitrogens with two attached hydrogens (primary N) is 1.